The first kappa shape index (κ1) is 20.0. The van der Waals surface area contributed by atoms with Crippen LogP contribution in [0.2, 0.25) is 0 Å². The summed E-state index contributed by atoms with van der Waals surface area (Å²) >= 11 is 3.31. The number of rotatable bonds is 10. The van der Waals surface area contributed by atoms with Crippen molar-refractivity contribution < 1.29 is 26.3 Å². The molecule has 0 radical (unpaired) electrons. The zero-order valence-electron chi connectivity index (χ0n) is 11.2. The Kier molecular flexibility index (Phi) is 9.88. The third-order valence-corrected chi connectivity index (χ3v) is 3.44. The molecule has 0 fully saturated rings. The molecule has 0 aromatic rings. The number of alkyl halides is 7. The molecule has 0 spiro atoms. The Morgan fingerprint density at radius 1 is 0.600 bits per heavy atom. The quantitative estimate of drug-likeness (QED) is 0.201. The van der Waals surface area contributed by atoms with Gasteiger partial charge in [-0.25, -0.2) is 0 Å². The molecule has 8 heteroatoms. The Morgan fingerprint density at radius 3 is 1.30 bits per heavy atom. The first-order valence-electron chi connectivity index (χ1n) is 6.66. The van der Waals surface area contributed by atoms with Gasteiger partial charge in [0.15, 0.2) is 0 Å². The van der Waals surface area contributed by atoms with Crippen LogP contribution in [0.5, 0.6) is 0 Å². The fourth-order valence-electron chi connectivity index (χ4n) is 1.82. The molecule has 0 aliphatic carbocycles. The minimum atomic E-state index is -5.35. The Morgan fingerprint density at radius 2 is 0.950 bits per heavy atom. The Labute approximate surface area is 123 Å². The molecular weight excluding hydrogens is 352 g/mol. The number of hydrogen-bond acceptors (Lipinski definition) is 1. The van der Waals surface area contributed by atoms with E-state index in [0.29, 0.717) is 12.8 Å². The fourth-order valence-corrected chi connectivity index (χ4v) is 2.22. The fraction of sp³-hybridized carbons (Fsp3) is 1.00. The largest absolute Gasteiger partial charge is 0.467 e. The van der Waals surface area contributed by atoms with Gasteiger partial charge in [0.1, 0.15) is 0 Å². The molecule has 0 N–H and O–H groups in total. The summed E-state index contributed by atoms with van der Waals surface area (Å²) in [5.74, 6) is 0. The van der Waals surface area contributed by atoms with E-state index in [1.54, 1.807) is 0 Å². The second-order valence-electron chi connectivity index (χ2n) is 4.60. The highest BCUT2D eigenvalue weighted by Gasteiger charge is 2.53. The van der Waals surface area contributed by atoms with Crippen LogP contribution in [0.4, 0.5) is 26.3 Å². The Bertz CT molecular complexity index is 227. The Balaban J connectivity index is 3.71. The predicted octanol–water partition coefficient (Wildman–Crippen LogP) is 5.84. The molecule has 0 saturated heterocycles. The molecule has 0 heterocycles. The lowest BCUT2D eigenvalue weighted by Crippen LogP contribution is -2.48. The van der Waals surface area contributed by atoms with E-state index in [-0.39, 0.29) is 6.42 Å². The van der Waals surface area contributed by atoms with Gasteiger partial charge in [0.2, 0.25) is 0 Å². The molecule has 0 aromatic carbocycles. The highest BCUT2D eigenvalue weighted by molar-refractivity contribution is 9.09. The summed E-state index contributed by atoms with van der Waals surface area (Å²) in [7, 11) is 0. The summed E-state index contributed by atoms with van der Waals surface area (Å²) < 4.78 is 73.0. The maximum absolute atomic E-state index is 12.2. The van der Waals surface area contributed by atoms with E-state index in [1.807, 2.05) is 0 Å². The lowest BCUT2D eigenvalue weighted by atomic mass is 10.1. The van der Waals surface area contributed by atoms with Crippen LogP contribution in [0, 0.1) is 0 Å². The van der Waals surface area contributed by atoms with Crippen LogP contribution in [0.3, 0.4) is 0 Å². The van der Waals surface area contributed by atoms with Gasteiger partial charge in [0.05, 0.1) is 0 Å². The molecule has 1 nitrogen and oxygen atoms in total. The van der Waals surface area contributed by atoms with Crippen LogP contribution in [0.1, 0.15) is 51.4 Å². The number of hydrogen-bond donors (Lipinski definition) is 0. The van der Waals surface area contributed by atoms with Gasteiger partial charge in [0, 0.05) is 11.9 Å². The third-order valence-electron chi connectivity index (χ3n) is 2.88. The van der Waals surface area contributed by atoms with E-state index in [1.165, 1.54) is 0 Å². The van der Waals surface area contributed by atoms with Gasteiger partial charge in [-0.2, -0.15) is 26.3 Å². The van der Waals surface area contributed by atoms with Crippen LogP contribution < -0.4 is 0 Å². The summed E-state index contributed by atoms with van der Waals surface area (Å²) in [4.78, 5) is -1.35. The van der Waals surface area contributed by atoms with Gasteiger partial charge < -0.3 is 0 Å². The third kappa shape index (κ3) is 9.85. The molecule has 0 rings (SSSR count). The van der Waals surface area contributed by atoms with Crippen LogP contribution in [0.25, 0.3) is 0 Å². The van der Waals surface area contributed by atoms with E-state index in [4.69, 9.17) is 0 Å². The molecule has 0 bridgehead atoms. The van der Waals surface area contributed by atoms with Crippen molar-refractivity contribution in [3.63, 3.8) is 0 Å². The predicted molar refractivity (Wildman–Crippen MR) is 69.5 cm³/mol. The smallest absolute Gasteiger partial charge is 0.155 e. The van der Waals surface area contributed by atoms with Crippen molar-refractivity contribution >= 4 is 15.9 Å². The molecule has 0 unspecified atom stereocenters. The second kappa shape index (κ2) is 9.87. The second-order valence-corrected chi connectivity index (χ2v) is 5.40. The van der Waals surface area contributed by atoms with Gasteiger partial charge >= 0.3 is 12.6 Å². The average molecular weight is 372 g/mol. The van der Waals surface area contributed by atoms with E-state index in [2.05, 4.69) is 15.9 Å². The monoisotopic (exact) mass is 371 g/mol. The lowest BCUT2D eigenvalue weighted by molar-refractivity contribution is -0.372. The highest BCUT2D eigenvalue weighted by Crippen LogP contribution is 2.33. The molecule has 0 aromatic heterocycles. The summed E-state index contributed by atoms with van der Waals surface area (Å²) in [6.45, 7) is -1.02. The molecule has 0 aliphatic rings. The summed E-state index contributed by atoms with van der Waals surface area (Å²) in [5, 5.41) is 0.956. The minimum absolute atomic E-state index is 0.0968. The van der Waals surface area contributed by atoms with Gasteiger partial charge in [-0.1, -0.05) is 54.5 Å². The first-order chi connectivity index (χ1) is 9.19. The van der Waals surface area contributed by atoms with E-state index >= 15 is 0 Å². The average Bonchev–Trinajstić information content (AvgIpc) is 2.28. The summed E-state index contributed by atoms with van der Waals surface area (Å²) in [6, 6.07) is 0. The number of unbranched alkanes of at least 4 members (excludes halogenated alkanes) is 7. The van der Waals surface area contributed by atoms with Gasteiger partial charge in [-0.15, -0.1) is 4.90 Å². The van der Waals surface area contributed by atoms with Crippen molar-refractivity contribution in [1.82, 2.24) is 4.90 Å². The standard InChI is InChI=1S/C12H20BrF6N/c13-9-7-5-3-1-2-4-6-8-10-20(11(14,15)16)12(17,18)19/h1-10H2. The number of halogens is 7. The molecule has 0 amide bonds. The zero-order valence-corrected chi connectivity index (χ0v) is 12.8. The summed E-state index contributed by atoms with van der Waals surface area (Å²) in [5.41, 5.74) is 0. The maximum atomic E-state index is 12.2. The molecule has 20 heavy (non-hydrogen) atoms. The molecule has 122 valence electrons. The first-order valence-corrected chi connectivity index (χ1v) is 7.79. The van der Waals surface area contributed by atoms with E-state index < -0.39 is 24.0 Å². The lowest BCUT2D eigenvalue weighted by Gasteiger charge is -2.26. The van der Waals surface area contributed by atoms with Crippen molar-refractivity contribution in [3.05, 3.63) is 0 Å². The minimum Gasteiger partial charge on any atom is -0.155 e. The number of nitrogens with zero attached hydrogens (tertiary/aromatic N) is 1. The molecule has 0 aliphatic heterocycles. The van der Waals surface area contributed by atoms with Crippen molar-refractivity contribution in [1.29, 1.82) is 0 Å². The summed E-state index contributed by atoms with van der Waals surface area (Å²) in [6.07, 6.45) is -4.65. The van der Waals surface area contributed by atoms with Crippen molar-refractivity contribution in [2.75, 3.05) is 11.9 Å². The molecule has 0 saturated carbocycles. The van der Waals surface area contributed by atoms with Crippen LogP contribution in [0.15, 0.2) is 0 Å². The van der Waals surface area contributed by atoms with Gasteiger partial charge in [0.25, 0.3) is 0 Å². The Hall–Kier alpha value is 0.0200. The van der Waals surface area contributed by atoms with Crippen LogP contribution in [-0.4, -0.2) is 29.4 Å². The van der Waals surface area contributed by atoms with Crippen LogP contribution in [-0.2, 0) is 0 Å². The maximum Gasteiger partial charge on any atom is 0.467 e. The SMILES string of the molecule is FC(F)(F)N(CCCCCCCCCCBr)C(F)(F)F. The molecular formula is C12H20BrF6N. The zero-order chi connectivity index (χ0) is 15.6. The topological polar surface area (TPSA) is 3.24 Å². The van der Waals surface area contributed by atoms with Crippen molar-refractivity contribution in [2.24, 2.45) is 0 Å². The van der Waals surface area contributed by atoms with Gasteiger partial charge in [-0.05, 0) is 12.8 Å². The van der Waals surface area contributed by atoms with Crippen LogP contribution >= 0.6 is 15.9 Å². The van der Waals surface area contributed by atoms with Crippen molar-refractivity contribution in [2.45, 2.75) is 64.0 Å². The molecule has 0 atom stereocenters. The van der Waals surface area contributed by atoms with Crippen molar-refractivity contribution in [3.8, 4) is 0 Å². The van der Waals surface area contributed by atoms with E-state index in [9.17, 15) is 26.3 Å². The normalized spacial score (nSPS) is 13.2. The van der Waals surface area contributed by atoms with Gasteiger partial charge in [-0.3, -0.25) is 0 Å². The van der Waals surface area contributed by atoms with E-state index in [0.717, 1.165) is 37.4 Å². The highest BCUT2D eigenvalue weighted by atomic mass is 79.9.